The van der Waals surface area contributed by atoms with E-state index < -0.39 is 0 Å². The largest absolute Gasteiger partial charge is 0.493 e. The molecule has 2 heterocycles. The average molecular weight is 489 g/mol. The topological polar surface area (TPSA) is 95.2 Å². The molecule has 1 aliphatic heterocycles. The predicted octanol–water partition coefficient (Wildman–Crippen LogP) is 2.55. The summed E-state index contributed by atoms with van der Waals surface area (Å²) in [5.41, 5.74) is -0.190. The van der Waals surface area contributed by atoms with Gasteiger partial charge in [-0.25, -0.2) is 4.79 Å². The number of aromatic nitrogens is 2. The molecule has 0 bridgehead atoms. The lowest BCUT2D eigenvalue weighted by atomic mass is 10.1. The molecule has 1 aliphatic rings. The summed E-state index contributed by atoms with van der Waals surface area (Å²) < 4.78 is 19.1. The van der Waals surface area contributed by atoms with Crippen LogP contribution in [-0.4, -0.2) is 67.4 Å². The molecule has 35 heavy (non-hydrogen) atoms. The first-order chi connectivity index (χ1) is 16.6. The molecule has 0 atom stereocenters. The monoisotopic (exact) mass is 488 g/mol. The fourth-order valence-electron chi connectivity index (χ4n) is 4.50. The second-order valence-electron chi connectivity index (χ2n) is 9.10. The highest BCUT2D eigenvalue weighted by Crippen LogP contribution is 2.38. The van der Waals surface area contributed by atoms with Crippen molar-refractivity contribution < 1.29 is 19.0 Å². The van der Waals surface area contributed by atoms with Crippen LogP contribution in [0.15, 0.2) is 27.8 Å². The van der Waals surface area contributed by atoms with Crippen molar-refractivity contribution in [2.75, 3.05) is 52.4 Å². The molecule has 0 unspecified atom stereocenters. The summed E-state index contributed by atoms with van der Waals surface area (Å²) in [7, 11) is 4.54. The van der Waals surface area contributed by atoms with E-state index in [2.05, 4.69) is 0 Å². The van der Waals surface area contributed by atoms with Crippen LogP contribution in [0.2, 0.25) is 0 Å². The van der Waals surface area contributed by atoms with Crippen LogP contribution >= 0.6 is 0 Å². The first kappa shape index (κ1) is 26.2. The van der Waals surface area contributed by atoms with Gasteiger partial charge in [0.1, 0.15) is 5.82 Å². The molecule has 10 heteroatoms. The molecular weight excluding hydrogens is 452 g/mol. The summed E-state index contributed by atoms with van der Waals surface area (Å²) in [5, 5.41) is 0. The number of hydrogen-bond acceptors (Lipinski definition) is 7. The summed E-state index contributed by atoms with van der Waals surface area (Å²) in [5.74, 6) is 1.70. The summed E-state index contributed by atoms with van der Waals surface area (Å²) in [4.78, 5) is 43.1. The Balaban J connectivity index is 1.90. The SMILES string of the molecule is COc1cc(C(=O)N2CCCN(c3cc(=O)n(C(C)C)c(=O)n3C(C)C)CC2)cc(OC)c1OC. The second kappa shape index (κ2) is 10.9. The normalized spacial score (nSPS) is 14.3. The molecule has 10 nitrogen and oxygen atoms in total. The van der Waals surface area contributed by atoms with Gasteiger partial charge in [-0.05, 0) is 46.2 Å². The molecule has 1 aromatic carbocycles. The van der Waals surface area contributed by atoms with E-state index in [-0.39, 0.29) is 29.2 Å². The summed E-state index contributed by atoms with van der Waals surface area (Å²) >= 11 is 0. The number of nitrogens with zero attached hydrogens (tertiary/aromatic N) is 4. The van der Waals surface area contributed by atoms with E-state index >= 15 is 0 Å². The molecule has 1 aromatic heterocycles. The van der Waals surface area contributed by atoms with Crippen LogP contribution in [0.3, 0.4) is 0 Å². The predicted molar refractivity (Wildman–Crippen MR) is 135 cm³/mol. The van der Waals surface area contributed by atoms with Crippen molar-refractivity contribution >= 4 is 11.7 Å². The lowest BCUT2D eigenvalue weighted by Crippen LogP contribution is -2.45. The van der Waals surface area contributed by atoms with Gasteiger partial charge in [-0.15, -0.1) is 0 Å². The van der Waals surface area contributed by atoms with Gasteiger partial charge in [-0.3, -0.25) is 18.7 Å². The minimum Gasteiger partial charge on any atom is -0.493 e. The van der Waals surface area contributed by atoms with Crippen LogP contribution in [0.5, 0.6) is 17.2 Å². The lowest BCUT2D eigenvalue weighted by molar-refractivity contribution is 0.0766. The van der Waals surface area contributed by atoms with Crippen LogP contribution in [-0.2, 0) is 0 Å². The third-order valence-electron chi connectivity index (χ3n) is 6.20. The molecule has 0 radical (unpaired) electrons. The minimum absolute atomic E-state index is 0.122. The molecule has 3 rings (SSSR count). The van der Waals surface area contributed by atoms with Crippen molar-refractivity contribution in [2.45, 2.75) is 46.2 Å². The smallest absolute Gasteiger partial charge is 0.333 e. The molecule has 1 fully saturated rings. The van der Waals surface area contributed by atoms with E-state index in [1.165, 1.54) is 32.0 Å². The zero-order valence-corrected chi connectivity index (χ0v) is 21.7. The van der Waals surface area contributed by atoms with Gasteiger partial charge >= 0.3 is 5.69 Å². The van der Waals surface area contributed by atoms with E-state index in [1.807, 2.05) is 32.6 Å². The molecule has 1 amide bonds. The third kappa shape index (κ3) is 5.16. The maximum absolute atomic E-state index is 13.4. The summed E-state index contributed by atoms with van der Waals surface area (Å²) in [6, 6.07) is 4.48. The first-order valence-corrected chi connectivity index (χ1v) is 11.9. The Morgan fingerprint density at radius 1 is 0.800 bits per heavy atom. The van der Waals surface area contributed by atoms with Gasteiger partial charge < -0.3 is 24.0 Å². The molecular formula is C25H36N4O6. The van der Waals surface area contributed by atoms with E-state index in [4.69, 9.17) is 14.2 Å². The summed E-state index contributed by atoms with van der Waals surface area (Å²) in [6.07, 6.45) is 0.690. The van der Waals surface area contributed by atoms with Crippen molar-refractivity contribution in [1.82, 2.24) is 14.0 Å². The minimum atomic E-state index is -0.313. The molecule has 0 aliphatic carbocycles. The van der Waals surface area contributed by atoms with Crippen molar-refractivity contribution in [3.05, 3.63) is 44.6 Å². The molecule has 1 saturated heterocycles. The Labute approximate surface area is 205 Å². The highest BCUT2D eigenvalue weighted by molar-refractivity contribution is 5.95. The third-order valence-corrected chi connectivity index (χ3v) is 6.20. The Bertz CT molecular complexity index is 1160. The first-order valence-electron chi connectivity index (χ1n) is 11.9. The highest BCUT2D eigenvalue weighted by atomic mass is 16.5. The van der Waals surface area contributed by atoms with Crippen molar-refractivity contribution in [2.24, 2.45) is 0 Å². The van der Waals surface area contributed by atoms with Gasteiger partial charge in [0.25, 0.3) is 11.5 Å². The van der Waals surface area contributed by atoms with Crippen LogP contribution in [0, 0.1) is 0 Å². The Kier molecular flexibility index (Phi) is 8.14. The number of benzene rings is 1. The molecule has 0 saturated carbocycles. The number of hydrogen-bond donors (Lipinski definition) is 0. The maximum Gasteiger partial charge on any atom is 0.333 e. The Morgan fingerprint density at radius 2 is 1.40 bits per heavy atom. The molecule has 0 spiro atoms. The zero-order chi connectivity index (χ0) is 25.9. The average Bonchev–Trinajstić information content (AvgIpc) is 3.07. The second-order valence-corrected chi connectivity index (χ2v) is 9.10. The molecule has 192 valence electrons. The van der Waals surface area contributed by atoms with E-state index in [0.717, 1.165) is 0 Å². The Morgan fingerprint density at radius 3 is 1.91 bits per heavy atom. The van der Waals surface area contributed by atoms with E-state index in [1.54, 1.807) is 21.6 Å². The number of carbonyl (C=O) groups excluding carboxylic acids is 1. The fourth-order valence-corrected chi connectivity index (χ4v) is 4.50. The van der Waals surface area contributed by atoms with Crippen LogP contribution in [0.4, 0.5) is 5.82 Å². The standard InChI is InChI=1S/C25H36N4O6/c1-16(2)28-21(15-22(30)29(17(3)4)25(28)32)26-9-8-10-27(12-11-26)24(31)18-13-19(33-5)23(35-7)20(14-18)34-6/h13-17H,8-12H2,1-7H3. The lowest BCUT2D eigenvalue weighted by Gasteiger charge is -2.29. The number of carbonyl (C=O) groups is 1. The number of rotatable bonds is 7. The maximum atomic E-state index is 13.4. The summed E-state index contributed by atoms with van der Waals surface area (Å²) in [6.45, 7) is 9.60. The zero-order valence-electron chi connectivity index (χ0n) is 21.7. The van der Waals surface area contributed by atoms with Gasteiger partial charge in [0.15, 0.2) is 11.5 Å². The number of anilines is 1. The van der Waals surface area contributed by atoms with Gasteiger partial charge in [0.2, 0.25) is 5.75 Å². The van der Waals surface area contributed by atoms with Crippen molar-refractivity contribution in [3.63, 3.8) is 0 Å². The quantitative estimate of drug-likeness (QED) is 0.591. The van der Waals surface area contributed by atoms with Gasteiger partial charge in [-0.1, -0.05) is 0 Å². The number of ether oxygens (including phenoxy) is 3. The molecule has 0 N–H and O–H groups in total. The number of amides is 1. The van der Waals surface area contributed by atoms with E-state index in [0.29, 0.717) is 61.2 Å². The van der Waals surface area contributed by atoms with Crippen LogP contribution < -0.4 is 30.4 Å². The highest BCUT2D eigenvalue weighted by Gasteiger charge is 2.26. The van der Waals surface area contributed by atoms with Gasteiger partial charge in [0.05, 0.1) is 21.3 Å². The fraction of sp³-hybridized carbons (Fsp3) is 0.560. The number of methoxy groups -OCH3 is 3. The Hall–Kier alpha value is -3.43. The van der Waals surface area contributed by atoms with Crippen molar-refractivity contribution in [3.8, 4) is 17.2 Å². The molecule has 2 aromatic rings. The van der Waals surface area contributed by atoms with Crippen LogP contribution in [0.1, 0.15) is 56.6 Å². The van der Waals surface area contributed by atoms with Gasteiger partial charge in [0, 0.05) is 49.9 Å². The van der Waals surface area contributed by atoms with Crippen LogP contribution in [0.25, 0.3) is 0 Å². The van der Waals surface area contributed by atoms with Gasteiger partial charge in [-0.2, -0.15) is 0 Å². The van der Waals surface area contributed by atoms with E-state index in [9.17, 15) is 14.4 Å². The van der Waals surface area contributed by atoms with Crippen molar-refractivity contribution in [1.29, 1.82) is 0 Å².